The number of aliphatic hydroxyl groups excluding tert-OH is 1. The van der Waals surface area contributed by atoms with Gasteiger partial charge in [-0.2, -0.15) is 0 Å². The van der Waals surface area contributed by atoms with Crippen LogP contribution in [0.15, 0.2) is 30.3 Å². The molecule has 17 heavy (non-hydrogen) atoms. The maximum absolute atomic E-state index is 11.7. The molecule has 0 bridgehead atoms. The quantitative estimate of drug-likeness (QED) is 0.735. The predicted octanol–water partition coefficient (Wildman–Crippen LogP) is 3.30. The molecule has 1 aromatic rings. The predicted molar refractivity (Wildman–Crippen MR) is 70.0 cm³/mol. The van der Waals surface area contributed by atoms with Gasteiger partial charge in [-0.3, -0.25) is 4.79 Å². The van der Waals surface area contributed by atoms with E-state index in [9.17, 15) is 9.90 Å². The van der Waals surface area contributed by atoms with Crippen molar-refractivity contribution < 1.29 is 9.90 Å². The molecule has 0 spiro atoms. The molecule has 0 aliphatic carbocycles. The van der Waals surface area contributed by atoms with Crippen molar-refractivity contribution in [3.05, 3.63) is 35.9 Å². The summed E-state index contributed by atoms with van der Waals surface area (Å²) in [7, 11) is 0. The summed E-state index contributed by atoms with van der Waals surface area (Å²) < 4.78 is 0. The summed E-state index contributed by atoms with van der Waals surface area (Å²) in [5.41, 5.74) is 0.920. The van der Waals surface area contributed by atoms with Crippen molar-refractivity contribution in [3.63, 3.8) is 0 Å². The zero-order chi connectivity index (χ0) is 12.7. The highest BCUT2D eigenvalue weighted by Crippen LogP contribution is 2.24. The van der Waals surface area contributed by atoms with Crippen molar-refractivity contribution in [2.45, 2.75) is 51.6 Å². The minimum Gasteiger partial charge on any atom is -0.392 e. The van der Waals surface area contributed by atoms with E-state index in [1.54, 1.807) is 6.92 Å². The van der Waals surface area contributed by atoms with Crippen LogP contribution in [0.3, 0.4) is 0 Å². The van der Waals surface area contributed by atoms with Gasteiger partial charge in [-0.1, -0.05) is 56.5 Å². The molecule has 2 heteroatoms. The molecule has 1 N–H and O–H groups in total. The molecule has 1 aromatic carbocycles. The molecule has 0 heterocycles. The van der Waals surface area contributed by atoms with Crippen molar-refractivity contribution in [3.8, 4) is 0 Å². The Kier molecular flexibility index (Phi) is 5.92. The normalized spacial score (nSPS) is 14.3. The van der Waals surface area contributed by atoms with Crippen LogP contribution in [0, 0.1) is 0 Å². The van der Waals surface area contributed by atoms with Crippen molar-refractivity contribution in [1.29, 1.82) is 0 Å². The van der Waals surface area contributed by atoms with Gasteiger partial charge in [-0.15, -0.1) is 0 Å². The Morgan fingerprint density at radius 2 is 1.88 bits per heavy atom. The largest absolute Gasteiger partial charge is 0.392 e. The number of unbranched alkanes of at least 4 members (excludes halogenated alkanes) is 2. The summed E-state index contributed by atoms with van der Waals surface area (Å²) in [4.78, 5) is 11.7. The fourth-order valence-corrected chi connectivity index (χ4v) is 2.16. The van der Waals surface area contributed by atoms with Crippen molar-refractivity contribution >= 4 is 5.78 Å². The number of ketones is 1. The Bertz CT molecular complexity index is 332. The number of carbonyl (C=O) groups is 1. The highest BCUT2D eigenvalue weighted by molar-refractivity contribution is 5.84. The van der Waals surface area contributed by atoms with Gasteiger partial charge < -0.3 is 5.11 Å². The molecule has 0 radical (unpaired) electrons. The van der Waals surface area contributed by atoms with Crippen LogP contribution < -0.4 is 0 Å². The van der Waals surface area contributed by atoms with Crippen LogP contribution in [0.5, 0.6) is 0 Å². The van der Waals surface area contributed by atoms with Crippen LogP contribution in [0.2, 0.25) is 0 Å². The third-order valence-corrected chi connectivity index (χ3v) is 3.08. The van der Waals surface area contributed by atoms with Crippen LogP contribution in [0.25, 0.3) is 0 Å². The second-order valence-electron chi connectivity index (χ2n) is 4.56. The number of carbonyl (C=O) groups excluding carboxylic acids is 1. The third-order valence-electron chi connectivity index (χ3n) is 3.08. The Balaban J connectivity index is 2.69. The summed E-state index contributed by atoms with van der Waals surface area (Å²) in [6.07, 6.45) is 3.36. The number of benzene rings is 1. The second-order valence-corrected chi connectivity index (χ2v) is 4.56. The van der Waals surface area contributed by atoms with Gasteiger partial charge in [0.15, 0.2) is 0 Å². The Labute approximate surface area is 104 Å². The lowest BCUT2D eigenvalue weighted by atomic mass is 9.87. The number of hydrogen-bond donors (Lipinski definition) is 1. The highest BCUT2D eigenvalue weighted by Gasteiger charge is 2.24. The summed E-state index contributed by atoms with van der Waals surface area (Å²) in [5.74, 6) is -0.326. The first-order chi connectivity index (χ1) is 8.16. The first kappa shape index (κ1) is 13.9. The molecule has 1 rings (SSSR count). The lowest BCUT2D eigenvalue weighted by molar-refractivity contribution is -0.120. The molecule has 2 atom stereocenters. The molecule has 0 aromatic heterocycles. The van der Waals surface area contributed by atoms with Crippen LogP contribution in [-0.2, 0) is 4.79 Å². The first-order valence-electron chi connectivity index (χ1n) is 6.40. The first-order valence-corrected chi connectivity index (χ1v) is 6.40. The monoisotopic (exact) mass is 234 g/mol. The Hall–Kier alpha value is -1.15. The van der Waals surface area contributed by atoms with Gasteiger partial charge in [0.1, 0.15) is 5.78 Å². The zero-order valence-corrected chi connectivity index (χ0v) is 10.7. The van der Waals surface area contributed by atoms with Crippen LogP contribution in [0.4, 0.5) is 0 Å². The summed E-state index contributed by atoms with van der Waals surface area (Å²) in [5, 5.41) is 10.1. The van der Waals surface area contributed by atoms with E-state index < -0.39 is 6.10 Å². The molecule has 0 amide bonds. The molecule has 0 aliphatic heterocycles. The zero-order valence-electron chi connectivity index (χ0n) is 10.7. The molecule has 0 fully saturated rings. The lowest BCUT2D eigenvalue weighted by Gasteiger charge is -2.20. The number of Topliss-reactive ketones (excluding diaryl/α,β-unsaturated/α-hetero) is 1. The molecular weight excluding hydrogens is 212 g/mol. The van der Waals surface area contributed by atoms with E-state index in [-0.39, 0.29) is 11.7 Å². The van der Waals surface area contributed by atoms with Crippen molar-refractivity contribution in [1.82, 2.24) is 0 Å². The van der Waals surface area contributed by atoms with E-state index in [1.165, 1.54) is 0 Å². The topological polar surface area (TPSA) is 37.3 Å². The smallest absolute Gasteiger partial charge is 0.139 e. The van der Waals surface area contributed by atoms with Crippen LogP contribution in [-0.4, -0.2) is 17.0 Å². The average molecular weight is 234 g/mol. The second kappa shape index (κ2) is 7.23. The number of aliphatic hydroxyl groups is 1. The van der Waals surface area contributed by atoms with Gasteiger partial charge >= 0.3 is 0 Å². The molecule has 0 saturated carbocycles. The van der Waals surface area contributed by atoms with Crippen molar-refractivity contribution in [2.75, 3.05) is 0 Å². The van der Waals surface area contributed by atoms with E-state index in [2.05, 4.69) is 6.92 Å². The van der Waals surface area contributed by atoms with E-state index in [4.69, 9.17) is 0 Å². The summed E-state index contributed by atoms with van der Waals surface area (Å²) in [6.45, 7) is 3.69. The minimum absolute atomic E-state index is 0.0419. The maximum Gasteiger partial charge on any atom is 0.139 e. The summed E-state index contributed by atoms with van der Waals surface area (Å²) in [6, 6.07) is 9.56. The van der Waals surface area contributed by atoms with E-state index in [1.807, 2.05) is 30.3 Å². The number of rotatable bonds is 7. The van der Waals surface area contributed by atoms with E-state index in [0.29, 0.717) is 6.42 Å². The minimum atomic E-state index is -0.554. The van der Waals surface area contributed by atoms with E-state index in [0.717, 1.165) is 24.8 Å². The number of hydrogen-bond acceptors (Lipinski definition) is 2. The van der Waals surface area contributed by atoms with Gasteiger partial charge in [0, 0.05) is 0 Å². The van der Waals surface area contributed by atoms with Crippen LogP contribution >= 0.6 is 0 Å². The molecular formula is C15H22O2. The fourth-order valence-electron chi connectivity index (χ4n) is 2.16. The highest BCUT2D eigenvalue weighted by atomic mass is 16.3. The average Bonchev–Trinajstić information content (AvgIpc) is 2.30. The fraction of sp³-hybridized carbons (Fsp3) is 0.533. The van der Waals surface area contributed by atoms with Crippen molar-refractivity contribution in [2.24, 2.45) is 0 Å². The van der Waals surface area contributed by atoms with Gasteiger partial charge in [-0.05, 0) is 18.9 Å². The lowest BCUT2D eigenvalue weighted by Crippen LogP contribution is -2.24. The van der Waals surface area contributed by atoms with E-state index >= 15 is 0 Å². The summed E-state index contributed by atoms with van der Waals surface area (Å²) >= 11 is 0. The van der Waals surface area contributed by atoms with Gasteiger partial charge in [0.05, 0.1) is 12.0 Å². The van der Waals surface area contributed by atoms with Gasteiger partial charge in [-0.25, -0.2) is 0 Å². The Morgan fingerprint density at radius 1 is 1.24 bits per heavy atom. The molecule has 0 aliphatic rings. The molecule has 2 unspecified atom stereocenters. The third kappa shape index (κ3) is 4.31. The molecule has 0 saturated heterocycles. The Morgan fingerprint density at radius 3 is 2.41 bits per heavy atom. The molecule has 2 nitrogen and oxygen atoms in total. The van der Waals surface area contributed by atoms with Crippen LogP contribution in [0.1, 0.15) is 51.0 Å². The van der Waals surface area contributed by atoms with Gasteiger partial charge in [0.25, 0.3) is 0 Å². The molecule has 94 valence electrons. The maximum atomic E-state index is 11.7. The SMILES string of the molecule is CCCCCC(O)C(C(C)=O)c1ccccc1. The standard InChI is InChI=1S/C15H22O2/c1-3-4-6-11-14(17)15(12(2)16)13-9-7-5-8-10-13/h5,7-10,14-15,17H,3-4,6,11H2,1-2H3. The van der Waals surface area contributed by atoms with Gasteiger partial charge in [0.2, 0.25) is 0 Å².